The third-order valence-electron chi connectivity index (χ3n) is 2.93. The Bertz CT molecular complexity index is 733. The van der Waals surface area contributed by atoms with Crippen molar-refractivity contribution in [2.75, 3.05) is 19.0 Å². The van der Waals surface area contributed by atoms with Crippen molar-refractivity contribution < 1.29 is 4.52 Å². The molecule has 0 radical (unpaired) electrons. The van der Waals surface area contributed by atoms with Crippen molar-refractivity contribution >= 4 is 16.9 Å². The van der Waals surface area contributed by atoms with Crippen molar-refractivity contribution in [3.8, 4) is 11.6 Å². The average Bonchev–Trinajstić information content (AvgIpc) is 2.87. The fourth-order valence-corrected chi connectivity index (χ4v) is 1.93. The monoisotopic (exact) mass is 254 g/mol. The van der Waals surface area contributed by atoms with E-state index in [1.54, 1.807) is 4.90 Å². The van der Waals surface area contributed by atoms with E-state index in [0.717, 1.165) is 22.2 Å². The molecule has 0 saturated carbocycles. The molecule has 0 aliphatic carbocycles. The van der Waals surface area contributed by atoms with Crippen LogP contribution < -0.4 is 4.90 Å². The lowest BCUT2D eigenvalue weighted by atomic mass is 10.1. The summed E-state index contributed by atoms with van der Waals surface area (Å²) in [5.74, 6) is 0.997. The van der Waals surface area contributed by atoms with E-state index in [0.29, 0.717) is 11.8 Å². The molecule has 2 heterocycles. The Hall–Kier alpha value is -2.43. The summed E-state index contributed by atoms with van der Waals surface area (Å²) in [6.07, 6.45) is 0. The maximum Gasteiger partial charge on any atom is 0.278 e. The van der Waals surface area contributed by atoms with Crippen LogP contribution in [0.15, 0.2) is 34.9 Å². The molecule has 3 aromatic rings. The largest absolute Gasteiger partial charge is 0.344 e. The Morgan fingerprint density at radius 3 is 2.63 bits per heavy atom. The zero-order chi connectivity index (χ0) is 13.4. The third kappa shape index (κ3) is 2.03. The van der Waals surface area contributed by atoms with E-state index in [1.165, 1.54) is 0 Å². The molecule has 0 amide bonds. The van der Waals surface area contributed by atoms with E-state index >= 15 is 0 Å². The molecule has 0 spiro atoms. The van der Waals surface area contributed by atoms with Crippen molar-refractivity contribution in [1.82, 2.24) is 15.1 Å². The maximum absolute atomic E-state index is 5.28. The quantitative estimate of drug-likeness (QED) is 0.703. The number of aromatic nitrogens is 3. The van der Waals surface area contributed by atoms with Crippen molar-refractivity contribution in [2.45, 2.75) is 6.92 Å². The van der Waals surface area contributed by atoms with Gasteiger partial charge in [-0.2, -0.15) is 4.98 Å². The highest BCUT2D eigenvalue weighted by molar-refractivity contribution is 5.82. The molecule has 0 aliphatic heterocycles. The minimum Gasteiger partial charge on any atom is -0.344 e. The summed E-state index contributed by atoms with van der Waals surface area (Å²) in [5, 5.41) is 5.02. The van der Waals surface area contributed by atoms with Gasteiger partial charge in [0, 0.05) is 19.5 Å². The lowest BCUT2D eigenvalue weighted by Gasteiger charge is -2.04. The van der Waals surface area contributed by atoms with E-state index in [9.17, 15) is 0 Å². The summed E-state index contributed by atoms with van der Waals surface area (Å²) < 4.78 is 5.28. The van der Waals surface area contributed by atoms with Crippen molar-refractivity contribution in [1.29, 1.82) is 0 Å². The fourth-order valence-electron chi connectivity index (χ4n) is 1.93. The van der Waals surface area contributed by atoms with Gasteiger partial charge in [0.2, 0.25) is 0 Å². The number of benzene rings is 1. The zero-order valence-electron chi connectivity index (χ0n) is 11.1. The summed E-state index contributed by atoms with van der Waals surface area (Å²) in [6.45, 7) is 1.99. The molecule has 0 saturated heterocycles. The van der Waals surface area contributed by atoms with Crippen LogP contribution in [-0.2, 0) is 0 Å². The van der Waals surface area contributed by atoms with Crippen LogP contribution in [0.4, 0.5) is 5.95 Å². The second-order valence-electron chi connectivity index (χ2n) is 4.64. The van der Waals surface area contributed by atoms with Crippen LogP contribution in [-0.4, -0.2) is 29.2 Å². The topological polar surface area (TPSA) is 55.1 Å². The number of anilines is 1. The molecule has 96 valence electrons. The first-order chi connectivity index (χ1) is 9.15. The van der Waals surface area contributed by atoms with E-state index in [2.05, 4.69) is 21.2 Å². The van der Waals surface area contributed by atoms with Gasteiger partial charge < -0.3 is 9.42 Å². The lowest BCUT2D eigenvalue weighted by molar-refractivity contribution is 0.429. The number of pyridine rings is 1. The van der Waals surface area contributed by atoms with Gasteiger partial charge in [-0.15, -0.1) is 0 Å². The van der Waals surface area contributed by atoms with E-state index in [-0.39, 0.29) is 0 Å². The van der Waals surface area contributed by atoms with Crippen LogP contribution in [0.5, 0.6) is 0 Å². The summed E-state index contributed by atoms with van der Waals surface area (Å²) in [7, 11) is 3.74. The van der Waals surface area contributed by atoms with Gasteiger partial charge in [0.25, 0.3) is 11.8 Å². The Balaban J connectivity index is 2.15. The van der Waals surface area contributed by atoms with E-state index < -0.39 is 0 Å². The standard InChI is InChI=1S/C14H14N4O/c1-9-8-10-6-4-5-7-11(10)15-12(9)13-16-14(17-19-13)18(2)3/h4-8H,1-3H3. The number of aryl methyl sites for hydroxylation is 1. The molecule has 5 nitrogen and oxygen atoms in total. The summed E-state index contributed by atoms with van der Waals surface area (Å²) in [4.78, 5) is 10.7. The molecule has 3 rings (SSSR count). The first-order valence-electron chi connectivity index (χ1n) is 6.03. The molecule has 0 N–H and O–H groups in total. The smallest absolute Gasteiger partial charge is 0.278 e. The molecule has 0 fully saturated rings. The van der Waals surface area contributed by atoms with Crippen LogP contribution in [0, 0.1) is 6.92 Å². The Kier molecular flexibility index (Phi) is 2.67. The van der Waals surface area contributed by atoms with Crippen LogP contribution in [0.2, 0.25) is 0 Å². The molecular weight excluding hydrogens is 240 g/mol. The average molecular weight is 254 g/mol. The van der Waals surface area contributed by atoms with Gasteiger partial charge in [0.05, 0.1) is 5.52 Å². The van der Waals surface area contributed by atoms with Gasteiger partial charge in [-0.05, 0) is 29.8 Å². The van der Waals surface area contributed by atoms with Crippen LogP contribution >= 0.6 is 0 Å². The van der Waals surface area contributed by atoms with Gasteiger partial charge in [0.15, 0.2) is 0 Å². The number of hydrogen-bond donors (Lipinski definition) is 0. The number of rotatable bonds is 2. The Morgan fingerprint density at radius 2 is 1.89 bits per heavy atom. The number of fused-ring (bicyclic) bond motifs is 1. The minimum atomic E-state index is 0.451. The highest BCUT2D eigenvalue weighted by Crippen LogP contribution is 2.24. The first kappa shape index (κ1) is 11.6. The second kappa shape index (κ2) is 4.35. The molecule has 5 heteroatoms. The third-order valence-corrected chi connectivity index (χ3v) is 2.93. The summed E-state index contributed by atoms with van der Waals surface area (Å²) in [6, 6.07) is 10.1. The number of para-hydroxylation sites is 1. The van der Waals surface area contributed by atoms with Crippen LogP contribution in [0.1, 0.15) is 5.56 Å². The molecule has 0 atom stereocenters. The molecule has 19 heavy (non-hydrogen) atoms. The van der Waals surface area contributed by atoms with Gasteiger partial charge in [0.1, 0.15) is 5.69 Å². The molecule has 1 aromatic carbocycles. The molecule has 0 aliphatic rings. The predicted molar refractivity (Wildman–Crippen MR) is 74.1 cm³/mol. The van der Waals surface area contributed by atoms with Gasteiger partial charge in [-0.1, -0.05) is 18.2 Å². The minimum absolute atomic E-state index is 0.451. The Labute approximate surface area is 110 Å². The van der Waals surface area contributed by atoms with Crippen molar-refractivity contribution in [3.63, 3.8) is 0 Å². The predicted octanol–water partition coefficient (Wildman–Crippen LogP) is 2.66. The van der Waals surface area contributed by atoms with E-state index in [1.807, 2.05) is 45.3 Å². The Morgan fingerprint density at radius 1 is 1.11 bits per heavy atom. The SMILES string of the molecule is Cc1cc2ccccc2nc1-c1nc(N(C)C)no1. The van der Waals surface area contributed by atoms with Gasteiger partial charge in [-0.25, -0.2) is 4.98 Å². The highest BCUT2D eigenvalue weighted by atomic mass is 16.5. The number of nitrogens with zero attached hydrogens (tertiary/aromatic N) is 4. The lowest BCUT2D eigenvalue weighted by Crippen LogP contribution is -2.10. The maximum atomic E-state index is 5.28. The summed E-state index contributed by atoms with van der Waals surface area (Å²) >= 11 is 0. The molecular formula is C14H14N4O. The fraction of sp³-hybridized carbons (Fsp3) is 0.214. The zero-order valence-corrected chi connectivity index (χ0v) is 11.1. The molecule has 0 bridgehead atoms. The highest BCUT2D eigenvalue weighted by Gasteiger charge is 2.14. The summed E-state index contributed by atoms with van der Waals surface area (Å²) in [5.41, 5.74) is 2.68. The van der Waals surface area contributed by atoms with E-state index in [4.69, 9.17) is 4.52 Å². The number of hydrogen-bond acceptors (Lipinski definition) is 5. The second-order valence-corrected chi connectivity index (χ2v) is 4.64. The first-order valence-corrected chi connectivity index (χ1v) is 6.03. The molecule has 0 unspecified atom stereocenters. The van der Waals surface area contributed by atoms with Crippen LogP contribution in [0.3, 0.4) is 0 Å². The van der Waals surface area contributed by atoms with Crippen molar-refractivity contribution in [2.24, 2.45) is 0 Å². The van der Waals surface area contributed by atoms with Crippen LogP contribution in [0.25, 0.3) is 22.5 Å². The normalized spacial score (nSPS) is 10.9. The van der Waals surface area contributed by atoms with Gasteiger partial charge >= 0.3 is 0 Å². The van der Waals surface area contributed by atoms with Gasteiger partial charge in [-0.3, -0.25) is 0 Å². The van der Waals surface area contributed by atoms with Crippen molar-refractivity contribution in [3.05, 3.63) is 35.9 Å². The molecule has 2 aromatic heterocycles.